The standard InChI is InChI=1S/C24H22N4O3/c1-2-25-23(30)16-31-24-13-20-19(15-26-24)21(29)14-22(27-17-9-5-3-6-10-17)28(20)18-11-7-4-8-12-18/h3-15,27H,2,16H2,1H3,(H,25,30). The number of nitrogens with one attached hydrogen (secondary N) is 2. The van der Waals surface area contributed by atoms with Gasteiger partial charge < -0.3 is 15.4 Å². The van der Waals surface area contributed by atoms with Gasteiger partial charge in [0.2, 0.25) is 5.88 Å². The summed E-state index contributed by atoms with van der Waals surface area (Å²) in [4.78, 5) is 28.8. The molecule has 4 aromatic rings. The van der Waals surface area contributed by atoms with Crippen LogP contribution in [0.15, 0.2) is 83.8 Å². The maximum atomic E-state index is 12.8. The fraction of sp³-hybridized carbons (Fsp3) is 0.125. The third kappa shape index (κ3) is 4.56. The molecule has 0 spiro atoms. The van der Waals surface area contributed by atoms with Gasteiger partial charge in [0, 0.05) is 36.2 Å². The smallest absolute Gasteiger partial charge is 0.257 e. The molecule has 0 fully saturated rings. The zero-order valence-corrected chi connectivity index (χ0v) is 17.0. The number of anilines is 2. The van der Waals surface area contributed by atoms with E-state index in [1.165, 1.54) is 6.20 Å². The Labute approximate surface area is 179 Å². The van der Waals surface area contributed by atoms with Gasteiger partial charge in [-0.05, 0) is 31.2 Å². The Morgan fingerprint density at radius 1 is 1.03 bits per heavy atom. The summed E-state index contributed by atoms with van der Waals surface area (Å²) in [6, 6.07) is 22.6. The van der Waals surface area contributed by atoms with Crippen LogP contribution >= 0.6 is 0 Å². The fourth-order valence-electron chi connectivity index (χ4n) is 3.28. The van der Waals surface area contributed by atoms with Gasteiger partial charge in [-0.1, -0.05) is 36.4 Å². The Morgan fingerprint density at radius 2 is 1.74 bits per heavy atom. The number of pyridine rings is 2. The van der Waals surface area contributed by atoms with Gasteiger partial charge in [-0.3, -0.25) is 14.2 Å². The highest BCUT2D eigenvalue weighted by Crippen LogP contribution is 2.26. The van der Waals surface area contributed by atoms with Gasteiger partial charge in [-0.25, -0.2) is 4.98 Å². The first-order chi connectivity index (χ1) is 15.2. The van der Waals surface area contributed by atoms with E-state index >= 15 is 0 Å². The Hall–Kier alpha value is -4.13. The van der Waals surface area contributed by atoms with Crippen LogP contribution in [0.4, 0.5) is 11.5 Å². The third-order valence-corrected chi connectivity index (χ3v) is 4.66. The second kappa shape index (κ2) is 9.13. The largest absolute Gasteiger partial charge is 0.468 e. The SMILES string of the molecule is CCNC(=O)COc1cc2c(cn1)c(=O)cc(Nc1ccccc1)n2-c1ccccc1. The Kier molecular flexibility index (Phi) is 5.93. The third-order valence-electron chi connectivity index (χ3n) is 4.66. The van der Waals surface area contributed by atoms with E-state index in [9.17, 15) is 9.59 Å². The molecule has 0 saturated carbocycles. The molecule has 2 N–H and O–H groups in total. The van der Waals surface area contributed by atoms with Crippen molar-refractivity contribution in [1.82, 2.24) is 14.9 Å². The molecule has 0 saturated heterocycles. The topological polar surface area (TPSA) is 85.2 Å². The number of aromatic nitrogens is 2. The van der Waals surface area contributed by atoms with E-state index in [2.05, 4.69) is 15.6 Å². The average Bonchev–Trinajstić information content (AvgIpc) is 2.79. The Bertz CT molecular complexity index is 1250. The van der Waals surface area contributed by atoms with Crippen LogP contribution < -0.4 is 20.8 Å². The highest BCUT2D eigenvalue weighted by molar-refractivity contribution is 5.84. The molecule has 0 unspecified atom stereocenters. The van der Waals surface area contributed by atoms with E-state index in [0.717, 1.165) is 11.4 Å². The molecule has 2 aromatic carbocycles. The second-order valence-electron chi connectivity index (χ2n) is 6.84. The predicted molar refractivity (Wildman–Crippen MR) is 121 cm³/mol. The minimum atomic E-state index is -0.232. The maximum absolute atomic E-state index is 12.8. The van der Waals surface area contributed by atoms with Crippen LogP contribution in [-0.2, 0) is 4.79 Å². The molecular weight excluding hydrogens is 392 g/mol. The molecule has 156 valence electrons. The van der Waals surface area contributed by atoms with Crippen molar-refractivity contribution in [3.8, 4) is 11.6 Å². The number of carbonyl (C=O) groups is 1. The van der Waals surface area contributed by atoms with Gasteiger partial charge in [0.1, 0.15) is 5.82 Å². The van der Waals surface area contributed by atoms with Crippen molar-refractivity contribution in [2.24, 2.45) is 0 Å². The summed E-state index contributed by atoms with van der Waals surface area (Å²) in [6.45, 7) is 2.21. The number of para-hydroxylation sites is 2. The lowest BCUT2D eigenvalue weighted by atomic mass is 10.2. The van der Waals surface area contributed by atoms with Crippen LogP contribution in [-0.4, -0.2) is 28.6 Å². The van der Waals surface area contributed by atoms with Crippen molar-refractivity contribution in [1.29, 1.82) is 0 Å². The summed E-state index contributed by atoms with van der Waals surface area (Å²) >= 11 is 0. The summed E-state index contributed by atoms with van der Waals surface area (Å²) in [6.07, 6.45) is 1.48. The molecule has 1 amide bonds. The minimum Gasteiger partial charge on any atom is -0.468 e. The molecule has 4 rings (SSSR count). The second-order valence-corrected chi connectivity index (χ2v) is 6.84. The molecular formula is C24H22N4O3. The average molecular weight is 414 g/mol. The molecule has 7 heteroatoms. The van der Waals surface area contributed by atoms with E-state index in [-0.39, 0.29) is 23.8 Å². The lowest BCUT2D eigenvalue weighted by molar-refractivity contribution is -0.123. The van der Waals surface area contributed by atoms with E-state index in [4.69, 9.17) is 4.74 Å². The van der Waals surface area contributed by atoms with Crippen LogP contribution in [0.2, 0.25) is 0 Å². The summed E-state index contributed by atoms with van der Waals surface area (Å²) in [5, 5.41) is 6.46. The zero-order valence-electron chi connectivity index (χ0n) is 17.0. The zero-order chi connectivity index (χ0) is 21.6. The lowest BCUT2D eigenvalue weighted by Gasteiger charge is -2.18. The van der Waals surface area contributed by atoms with Crippen LogP contribution in [0.5, 0.6) is 5.88 Å². The monoisotopic (exact) mass is 414 g/mol. The van der Waals surface area contributed by atoms with Gasteiger partial charge in [0.25, 0.3) is 5.91 Å². The molecule has 0 bridgehead atoms. The number of benzene rings is 2. The summed E-state index contributed by atoms with van der Waals surface area (Å²) in [5.41, 5.74) is 2.18. The summed E-state index contributed by atoms with van der Waals surface area (Å²) < 4.78 is 7.49. The van der Waals surface area contributed by atoms with Gasteiger partial charge in [0.15, 0.2) is 12.0 Å². The van der Waals surface area contributed by atoms with E-state index in [1.807, 2.05) is 72.2 Å². The molecule has 2 heterocycles. The molecule has 0 aliphatic rings. The minimum absolute atomic E-state index is 0.149. The predicted octanol–water partition coefficient (Wildman–Crippen LogP) is 3.64. The van der Waals surface area contributed by atoms with Crippen molar-refractivity contribution in [2.75, 3.05) is 18.5 Å². The van der Waals surface area contributed by atoms with Gasteiger partial charge in [-0.2, -0.15) is 0 Å². The Morgan fingerprint density at radius 3 is 2.45 bits per heavy atom. The number of amides is 1. The van der Waals surface area contributed by atoms with Gasteiger partial charge >= 0.3 is 0 Å². The van der Waals surface area contributed by atoms with Gasteiger partial charge in [-0.15, -0.1) is 0 Å². The van der Waals surface area contributed by atoms with E-state index < -0.39 is 0 Å². The summed E-state index contributed by atoms with van der Waals surface area (Å²) in [5.74, 6) is 0.639. The molecule has 0 atom stereocenters. The van der Waals surface area contributed by atoms with Crippen molar-refractivity contribution >= 4 is 28.3 Å². The van der Waals surface area contributed by atoms with Crippen LogP contribution in [0.3, 0.4) is 0 Å². The molecule has 0 aliphatic heterocycles. The number of carbonyl (C=O) groups excluding carboxylic acids is 1. The Balaban J connectivity index is 1.84. The lowest BCUT2D eigenvalue weighted by Crippen LogP contribution is -2.28. The first kappa shape index (κ1) is 20.2. The molecule has 31 heavy (non-hydrogen) atoms. The molecule has 2 aromatic heterocycles. The number of hydrogen-bond acceptors (Lipinski definition) is 5. The fourth-order valence-corrected chi connectivity index (χ4v) is 3.28. The highest BCUT2D eigenvalue weighted by Gasteiger charge is 2.14. The van der Waals surface area contributed by atoms with Crippen LogP contribution in [0.25, 0.3) is 16.6 Å². The highest BCUT2D eigenvalue weighted by atomic mass is 16.5. The van der Waals surface area contributed by atoms with Crippen LogP contribution in [0, 0.1) is 0 Å². The molecule has 0 aliphatic carbocycles. The van der Waals surface area contributed by atoms with Crippen molar-refractivity contribution in [3.05, 3.63) is 89.2 Å². The maximum Gasteiger partial charge on any atom is 0.257 e. The molecule has 7 nitrogen and oxygen atoms in total. The summed E-state index contributed by atoms with van der Waals surface area (Å²) in [7, 11) is 0. The van der Waals surface area contributed by atoms with Crippen molar-refractivity contribution < 1.29 is 9.53 Å². The normalized spacial score (nSPS) is 10.6. The first-order valence-corrected chi connectivity index (χ1v) is 9.98. The number of nitrogens with zero attached hydrogens (tertiary/aromatic N) is 2. The van der Waals surface area contributed by atoms with E-state index in [0.29, 0.717) is 23.3 Å². The molecule has 0 radical (unpaired) electrons. The van der Waals surface area contributed by atoms with Gasteiger partial charge in [0.05, 0.1) is 10.9 Å². The number of rotatable bonds is 7. The van der Waals surface area contributed by atoms with Crippen molar-refractivity contribution in [3.63, 3.8) is 0 Å². The number of hydrogen-bond donors (Lipinski definition) is 2. The van der Waals surface area contributed by atoms with Crippen LogP contribution in [0.1, 0.15) is 6.92 Å². The van der Waals surface area contributed by atoms with Crippen molar-refractivity contribution in [2.45, 2.75) is 6.92 Å². The number of fused-ring (bicyclic) bond motifs is 1. The number of ether oxygens (including phenoxy) is 1. The first-order valence-electron chi connectivity index (χ1n) is 9.98. The van der Waals surface area contributed by atoms with E-state index in [1.54, 1.807) is 12.1 Å². The number of likely N-dealkylation sites (N-methyl/N-ethyl adjacent to an activating group) is 1. The quantitative estimate of drug-likeness (QED) is 0.482.